The van der Waals surface area contributed by atoms with Crippen molar-refractivity contribution in [3.05, 3.63) is 65.7 Å². The van der Waals surface area contributed by atoms with Gasteiger partial charge in [0.2, 0.25) is 0 Å². The summed E-state index contributed by atoms with van der Waals surface area (Å²) in [5.41, 5.74) is -0.261. The number of rotatable bonds is 4. The Hall–Kier alpha value is -2.96. The van der Waals surface area contributed by atoms with Crippen LogP contribution in [0.2, 0.25) is 0 Å². The first kappa shape index (κ1) is 18.4. The molecule has 0 spiro atoms. The lowest BCUT2D eigenvalue weighted by molar-refractivity contribution is 0.246. The van der Waals surface area contributed by atoms with Crippen LogP contribution < -0.4 is 10.6 Å². The summed E-state index contributed by atoms with van der Waals surface area (Å²) in [7, 11) is 0. The van der Waals surface area contributed by atoms with Crippen LogP contribution in [0.3, 0.4) is 0 Å². The Labute approximate surface area is 159 Å². The Kier molecular flexibility index (Phi) is 4.75. The summed E-state index contributed by atoms with van der Waals surface area (Å²) in [6.45, 7) is 0.267. The van der Waals surface area contributed by atoms with E-state index in [0.29, 0.717) is 12.1 Å². The first-order valence-electron chi connectivity index (χ1n) is 9.15. The molecule has 4 rings (SSSR count). The Morgan fingerprint density at radius 3 is 2.39 bits per heavy atom. The highest BCUT2D eigenvalue weighted by Crippen LogP contribution is 2.42. The Morgan fingerprint density at radius 1 is 1.04 bits per heavy atom. The Balaban J connectivity index is 1.51. The third kappa shape index (κ3) is 3.44. The van der Waals surface area contributed by atoms with Crippen LogP contribution in [0.5, 0.6) is 0 Å². The molecule has 1 saturated carbocycles. The van der Waals surface area contributed by atoms with Crippen LogP contribution in [0, 0.1) is 17.5 Å². The predicted molar refractivity (Wildman–Crippen MR) is 99.7 cm³/mol. The van der Waals surface area contributed by atoms with Gasteiger partial charge in [0.25, 0.3) is 0 Å². The quantitative estimate of drug-likeness (QED) is 0.622. The standard InChI is InChI=1S/C21H19F3N2O2/c22-14-10-15(23)19(16(24)11-14)26-20(27)25-12-21(7-3-4-8-21)18-9-13-5-1-2-6-17(13)28-18/h1-2,5-6,9-11H,3-4,7-8,12H2,(H2,25,26,27). The molecule has 0 aliphatic heterocycles. The molecule has 2 aromatic carbocycles. The van der Waals surface area contributed by atoms with Crippen LogP contribution in [0.1, 0.15) is 31.4 Å². The molecule has 0 radical (unpaired) electrons. The van der Waals surface area contributed by atoms with Gasteiger partial charge < -0.3 is 15.1 Å². The normalized spacial score (nSPS) is 15.7. The van der Waals surface area contributed by atoms with Gasteiger partial charge in [0.15, 0.2) is 11.6 Å². The molecule has 3 aromatic rings. The first-order chi connectivity index (χ1) is 13.5. The average molecular weight is 388 g/mol. The van der Waals surface area contributed by atoms with Gasteiger partial charge in [-0.25, -0.2) is 18.0 Å². The van der Waals surface area contributed by atoms with Gasteiger partial charge in [0.05, 0.1) is 0 Å². The van der Waals surface area contributed by atoms with Crippen molar-refractivity contribution in [3.8, 4) is 0 Å². The molecule has 1 fully saturated rings. The second-order valence-electron chi connectivity index (χ2n) is 7.19. The maximum absolute atomic E-state index is 13.7. The molecule has 1 aromatic heterocycles. The van der Waals surface area contributed by atoms with Gasteiger partial charge in [0, 0.05) is 29.5 Å². The molecule has 146 valence electrons. The molecule has 0 unspecified atom stereocenters. The topological polar surface area (TPSA) is 54.3 Å². The number of furan rings is 1. The van der Waals surface area contributed by atoms with Gasteiger partial charge in [0.1, 0.15) is 22.8 Å². The number of anilines is 1. The van der Waals surface area contributed by atoms with E-state index < -0.39 is 29.2 Å². The van der Waals surface area contributed by atoms with E-state index >= 15 is 0 Å². The number of amides is 2. The summed E-state index contributed by atoms with van der Waals surface area (Å²) in [6, 6.07) is 9.95. The second-order valence-corrected chi connectivity index (χ2v) is 7.19. The Bertz CT molecular complexity index is 969. The molecule has 0 bridgehead atoms. The van der Waals surface area contributed by atoms with Crippen LogP contribution in [0.15, 0.2) is 46.9 Å². The van der Waals surface area contributed by atoms with Gasteiger partial charge in [-0.3, -0.25) is 0 Å². The smallest absolute Gasteiger partial charge is 0.319 e. The van der Waals surface area contributed by atoms with Crippen molar-refractivity contribution in [2.24, 2.45) is 0 Å². The lowest BCUT2D eigenvalue weighted by atomic mass is 9.83. The molecular formula is C21H19F3N2O2. The maximum atomic E-state index is 13.7. The maximum Gasteiger partial charge on any atom is 0.319 e. The number of benzene rings is 2. The summed E-state index contributed by atoms with van der Waals surface area (Å²) in [6.07, 6.45) is 3.68. The van der Waals surface area contributed by atoms with Crippen molar-refractivity contribution in [1.82, 2.24) is 5.32 Å². The molecule has 1 heterocycles. The van der Waals surface area contributed by atoms with Crippen LogP contribution >= 0.6 is 0 Å². The zero-order chi connectivity index (χ0) is 19.7. The number of hydrogen-bond acceptors (Lipinski definition) is 2. The van der Waals surface area contributed by atoms with Crippen LogP contribution in [-0.2, 0) is 5.41 Å². The number of para-hydroxylation sites is 1. The SMILES string of the molecule is O=C(NCC1(c2cc3ccccc3o2)CCCC1)Nc1c(F)cc(F)cc1F. The van der Waals surface area contributed by atoms with Gasteiger partial charge in [-0.2, -0.15) is 0 Å². The number of urea groups is 1. The fourth-order valence-corrected chi connectivity index (χ4v) is 3.87. The molecule has 1 aliphatic rings. The van der Waals surface area contributed by atoms with E-state index in [2.05, 4.69) is 10.6 Å². The van der Waals surface area contributed by atoms with Crippen molar-refractivity contribution in [3.63, 3.8) is 0 Å². The fraction of sp³-hybridized carbons (Fsp3) is 0.286. The summed E-state index contributed by atoms with van der Waals surface area (Å²) in [4.78, 5) is 12.2. The van der Waals surface area contributed by atoms with Crippen molar-refractivity contribution >= 4 is 22.7 Å². The minimum absolute atomic E-state index is 0.267. The number of nitrogens with one attached hydrogen (secondary N) is 2. The predicted octanol–water partition coefficient (Wildman–Crippen LogP) is 5.48. The molecule has 28 heavy (non-hydrogen) atoms. The van der Waals surface area contributed by atoms with E-state index in [1.54, 1.807) is 0 Å². The summed E-state index contributed by atoms with van der Waals surface area (Å²) in [5, 5.41) is 5.81. The number of fused-ring (bicyclic) bond motifs is 1. The summed E-state index contributed by atoms with van der Waals surface area (Å²) >= 11 is 0. The number of hydrogen-bond donors (Lipinski definition) is 2. The number of carbonyl (C=O) groups is 1. The first-order valence-corrected chi connectivity index (χ1v) is 9.15. The van der Waals surface area contributed by atoms with E-state index in [1.165, 1.54) is 0 Å². The third-order valence-corrected chi connectivity index (χ3v) is 5.34. The zero-order valence-corrected chi connectivity index (χ0v) is 15.0. The highest BCUT2D eigenvalue weighted by atomic mass is 19.1. The Morgan fingerprint density at radius 2 is 1.71 bits per heavy atom. The zero-order valence-electron chi connectivity index (χ0n) is 15.0. The molecular weight excluding hydrogens is 369 g/mol. The summed E-state index contributed by atoms with van der Waals surface area (Å²) in [5.74, 6) is -2.58. The van der Waals surface area contributed by atoms with Gasteiger partial charge >= 0.3 is 6.03 Å². The molecule has 1 aliphatic carbocycles. The van der Waals surface area contributed by atoms with Crippen molar-refractivity contribution < 1.29 is 22.4 Å². The van der Waals surface area contributed by atoms with E-state index in [9.17, 15) is 18.0 Å². The van der Waals surface area contributed by atoms with Crippen LogP contribution in [0.4, 0.5) is 23.7 Å². The monoisotopic (exact) mass is 388 g/mol. The third-order valence-electron chi connectivity index (χ3n) is 5.34. The molecule has 2 N–H and O–H groups in total. The molecule has 2 amide bonds. The van der Waals surface area contributed by atoms with E-state index in [-0.39, 0.29) is 12.0 Å². The number of carbonyl (C=O) groups excluding carboxylic acids is 1. The average Bonchev–Trinajstić information content (AvgIpc) is 3.30. The van der Waals surface area contributed by atoms with Crippen molar-refractivity contribution in [2.75, 3.05) is 11.9 Å². The summed E-state index contributed by atoms with van der Waals surface area (Å²) < 4.78 is 46.5. The molecule has 0 atom stereocenters. The minimum atomic E-state index is -1.17. The van der Waals surface area contributed by atoms with Gasteiger partial charge in [-0.15, -0.1) is 0 Å². The molecule has 4 nitrogen and oxygen atoms in total. The molecule has 7 heteroatoms. The van der Waals surface area contributed by atoms with Crippen LogP contribution in [0.25, 0.3) is 11.0 Å². The van der Waals surface area contributed by atoms with Crippen molar-refractivity contribution in [2.45, 2.75) is 31.1 Å². The second kappa shape index (κ2) is 7.22. The largest absolute Gasteiger partial charge is 0.460 e. The van der Waals surface area contributed by atoms with Gasteiger partial charge in [-0.05, 0) is 25.0 Å². The minimum Gasteiger partial charge on any atom is -0.460 e. The highest BCUT2D eigenvalue weighted by Gasteiger charge is 2.39. The van der Waals surface area contributed by atoms with E-state index in [0.717, 1.165) is 42.4 Å². The number of halogens is 3. The van der Waals surface area contributed by atoms with Crippen molar-refractivity contribution in [1.29, 1.82) is 0 Å². The lowest BCUT2D eigenvalue weighted by Gasteiger charge is -2.27. The van der Waals surface area contributed by atoms with Gasteiger partial charge in [-0.1, -0.05) is 31.0 Å². The van der Waals surface area contributed by atoms with E-state index in [1.807, 2.05) is 30.3 Å². The van der Waals surface area contributed by atoms with Crippen LogP contribution in [-0.4, -0.2) is 12.6 Å². The molecule has 0 saturated heterocycles. The fourth-order valence-electron chi connectivity index (χ4n) is 3.87. The highest BCUT2D eigenvalue weighted by molar-refractivity contribution is 5.89. The lowest BCUT2D eigenvalue weighted by Crippen LogP contribution is -2.41. The van der Waals surface area contributed by atoms with E-state index in [4.69, 9.17) is 4.42 Å².